The molecule has 0 bridgehead atoms. The largest absolute Gasteiger partial charge is 0.463 e. The van der Waals surface area contributed by atoms with Gasteiger partial charge >= 0.3 is 18.2 Å². The fraction of sp³-hybridized carbons (Fsp3) is 0.318. The van der Waals surface area contributed by atoms with Crippen LogP contribution in [0.5, 0.6) is 17.4 Å². The number of carbonyl (C=O) groups is 2. The number of nitrogens with zero attached hydrogens (tertiary/aromatic N) is 3. The SMILES string of the molecule is CCOC(=O)COc1ncccc1Oc1cc(N2COC/C=C(/C(F)(F)F)N(C)C2=O)c(F)cc1Cl. The number of alkyl halides is 3. The van der Waals surface area contributed by atoms with Crippen LogP contribution in [0.3, 0.4) is 0 Å². The lowest BCUT2D eigenvalue weighted by Gasteiger charge is -2.32. The molecule has 2 amide bonds. The van der Waals surface area contributed by atoms with Crippen molar-refractivity contribution in [3.63, 3.8) is 0 Å². The molecule has 0 unspecified atom stereocenters. The molecule has 2 aromatic rings. The van der Waals surface area contributed by atoms with E-state index in [-0.39, 0.29) is 29.0 Å². The molecule has 1 aromatic carbocycles. The van der Waals surface area contributed by atoms with Crippen molar-refractivity contribution in [2.75, 3.05) is 38.5 Å². The van der Waals surface area contributed by atoms with Crippen LogP contribution in [0.2, 0.25) is 5.02 Å². The van der Waals surface area contributed by atoms with Crippen molar-refractivity contribution in [1.29, 1.82) is 0 Å². The van der Waals surface area contributed by atoms with Crippen LogP contribution in [0.25, 0.3) is 0 Å². The van der Waals surface area contributed by atoms with E-state index in [0.29, 0.717) is 15.9 Å². The Bertz CT molecular complexity index is 1160. The van der Waals surface area contributed by atoms with Gasteiger partial charge in [-0.05, 0) is 31.2 Å². The van der Waals surface area contributed by atoms with E-state index in [0.717, 1.165) is 19.2 Å². The van der Waals surface area contributed by atoms with Gasteiger partial charge in [0.05, 0.1) is 23.9 Å². The zero-order valence-corrected chi connectivity index (χ0v) is 19.7. The summed E-state index contributed by atoms with van der Waals surface area (Å²) in [6.07, 6.45) is -2.77. The minimum Gasteiger partial charge on any atom is -0.463 e. The number of esters is 1. The number of aromatic nitrogens is 1. The first-order valence-corrected chi connectivity index (χ1v) is 10.7. The van der Waals surface area contributed by atoms with Gasteiger partial charge in [0.25, 0.3) is 5.88 Å². The van der Waals surface area contributed by atoms with Crippen LogP contribution >= 0.6 is 11.6 Å². The molecule has 194 valence electrons. The lowest BCUT2D eigenvalue weighted by atomic mass is 10.2. The van der Waals surface area contributed by atoms with Gasteiger partial charge in [-0.3, -0.25) is 9.80 Å². The summed E-state index contributed by atoms with van der Waals surface area (Å²) in [7, 11) is 0.911. The Morgan fingerprint density at radius 2 is 2.03 bits per heavy atom. The minimum atomic E-state index is -4.84. The van der Waals surface area contributed by atoms with Gasteiger partial charge in [0.15, 0.2) is 12.4 Å². The molecule has 0 saturated carbocycles. The molecule has 0 saturated heterocycles. The molecular weight excluding hydrogens is 514 g/mol. The first kappa shape index (κ1) is 27.0. The molecule has 3 rings (SSSR count). The summed E-state index contributed by atoms with van der Waals surface area (Å²) < 4.78 is 75.8. The molecule has 0 spiro atoms. The van der Waals surface area contributed by atoms with Gasteiger partial charge in [0.1, 0.15) is 24.0 Å². The Labute approximate surface area is 207 Å². The minimum absolute atomic E-state index is 0.0177. The second-order valence-corrected chi connectivity index (χ2v) is 7.50. The number of benzene rings is 1. The third-order valence-electron chi connectivity index (χ3n) is 4.66. The zero-order chi connectivity index (χ0) is 26.5. The van der Waals surface area contributed by atoms with Crippen LogP contribution < -0.4 is 14.4 Å². The van der Waals surface area contributed by atoms with E-state index in [9.17, 15) is 27.2 Å². The third-order valence-corrected chi connectivity index (χ3v) is 4.96. The van der Waals surface area contributed by atoms with Crippen LogP contribution in [0.4, 0.5) is 28.0 Å². The van der Waals surface area contributed by atoms with Crippen LogP contribution in [0, 0.1) is 5.82 Å². The Hall–Kier alpha value is -3.58. The number of amides is 2. The molecule has 0 radical (unpaired) electrons. The van der Waals surface area contributed by atoms with E-state index < -0.39 is 55.3 Å². The van der Waals surface area contributed by atoms with E-state index in [1.165, 1.54) is 18.3 Å². The summed E-state index contributed by atoms with van der Waals surface area (Å²) in [6, 6.07) is 3.55. The molecule has 36 heavy (non-hydrogen) atoms. The Balaban J connectivity index is 1.91. The van der Waals surface area contributed by atoms with Crippen molar-refractivity contribution in [3.8, 4) is 17.4 Å². The van der Waals surface area contributed by atoms with E-state index in [4.69, 9.17) is 30.5 Å². The highest BCUT2D eigenvalue weighted by Crippen LogP contribution is 2.39. The summed E-state index contributed by atoms with van der Waals surface area (Å²) in [4.78, 5) is 29.4. The summed E-state index contributed by atoms with van der Waals surface area (Å²) in [6.45, 7) is 0.282. The van der Waals surface area contributed by atoms with Gasteiger partial charge in [-0.15, -0.1) is 0 Å². The predicted octanol–water partition coefficient (Wildman–Crippen LogP) is 4.90. The maximum atomic E-state index is 14.8. The maximum absolute atomic E-state index is 14.8. The lowest BCUT2D eigenvalue weighted by molar-refractivity contribution is -0.145. The van der Waals surface area contributed by atoms with Crippen molar-refractivity contribution < 1.29 is 46.1 Å². The van der Waals surface area contributed by atoms with Crippen LogP contribution in [0.1, 0.15) is 6.92 Å². The fourth-order valence-electron chi connectivity index (χ4n) is 3.05. The summed E-state index contributed by atoms with van der Waals surface area (Å²) >= 11 is 6.11. The van der Waals surface area contributed by atoms with Gasteiger partial charge in [0, 0.05) is 19.3 Å². The maximum Gasteiger partial charge on any atom is 0.431 e. The van der Waals surface area contributed by atoms with Crippen molar-refractivity contribution in [2.45, 2.75) is 13.1 Å². The first-order chi connectivity index (χ1) is 17.0. The molecule has 2 heterocycles. The van der Waals surface area contributed by atoms with Crippen molar-refractivity contribution in [2.24, 2.45) is 0 Å². The molecule has 0 N–H and O–H groups in total. The fourth-order valence-corrected chi connectivity index (χ4v) is 3.24. The number of pyridine rings is 1. The van der Waals surface area contributed by atoms with Gasteiger partial charge in [-0.25, -0.2) is 19.0 Å². The lowest BCUT2D eigenvalue weighted by Crippen LogP contribution is -2.46. The average Bonchev–Trinajstić information content (AvgIpc) is 2.80. The zero-order valence-electron chi connectivity index (χ0n) is 19.0. The molecule has 1 aliphatic rings. The van der Waals surface area contributed by atoms with E-state index >= 15 is 0 Å². The van der Waals surface area contributed by atoms with Crippen molar-refractivity contribution in [3.05, 3.63) is 53.1 Å². The second kappa shape index (κ2) is 11.4. The van der Waals surface area contributed by atoms with Gasteiger partial charge in [0.2, 0.25) is 0 Å². The molecule has 0 aliphatic carbocycles. The molecule has 9 nitrogen and oxygen atoms in total. The smallest absolute Gasteiger partial charge is 0.431 e. The quantitative estimate of drug-likeness (QED) is 0.369. The number of allylic oxidation sites excluding steroid dienone is 1. The van der Waals surface area contributed by atoms with Crippen LogP contribution in [-0.2, 0) is 14.3 Å². The number of hydrogen-bond acceptors (Lipinski definition) is 7. The predicted molar refractivity (Wildman–Crippen MR) is 118 cm³/mol. The molecule has 0 fully saturated rings. The monoisotopic (exact) mass is 533 g/mol. The summed E-state index contributed by atoms with van der Waals surface area (Å²) in [5.74, 6) is -1.97. The Kier molecular flexibility index (Phi) is 8.58. The highest BCUT2D eigenvalue weighted by molar-refractivity contribution is 6.32. The number of halogens is 5. The first-order valence-electron chi connectivity index (χ1n) is 10.3. The standard InChI is InChI=1S/C22H20ClF4N3O6/c1-3-34-19(31)11-35-20-16(5-4-7-28-20)36-17-10-15(14(24)9-13(17)23)30-12-33-8-6-18(22(25,26)27)29(2)21(30)32/h4-7,9-10H,3,8,11-12H2,1-2H3/b18-6-. The van der Waals surface area contributed by atoms with Gasteiger partial charge in [-0.1, -0.05) is 11.6 Å². The van der Waals surface area contributed by atoms with Gasteiger partial charge in [-0.2, -0.15) is 13.2 Å². The van der Waals surface area contributed by atoms with Crippen LogP contribution in [0.15, 0.2) is 42.2 Å². The van der Waals surface area contributed by atoms with Crippen molar-refractivity contribution >= 4 is 29.3 Å². The average molecular weight is 534 g/mol. The van der Waals surface area contributed by atoms with Crippen LogP contribution in [-0.4, -0.2) is 61.7 Å². The summed E-state index contributed by atoms with van der Waals surface area (Å²) in [5.41, 5.74) is -1.71. The highest BCUT2D eigenvalue weighted by Gasteiger charge is 2.41. The molecular formula is C22H20ClF4N3O6. The normalized spacial score (nSPS) is 16.1. The summed E-state index contributed by atoms with van der Waals surface area (Å²) in [5, 5.41) is -0.221. The molecule has 1 aromatic heterocycles. The van der Waals surface area contributed by atoms with E-state index in [1.54, 1.807) is 6.92 Å². The number of carbonyl (C=O) groups excluding carboxylic acids is 2. The number of urea groups is 1. The van der Waals surface area contributed by atoms with E-state index in [1.807, 2.05) is 0 Å². The highest BCUT2D eigenvalue weighted by atomic mass is 35.5. The molecule has 1 aliphatic heterocycles. The number of ether oxygens (including phenoxy) is 4. The molecule has 14 heteroatoms. The third kappa shape index (κ3) is 6.34. The molecule has 0 atom stereocenters. The van der Waals surface area contributed by atoms with Gasteiger partial charge < -0.3 is 18.9 Å². The second-order valence-electron chi connectivity index (χ2n) is 7.09. The number of hydrogen-bond donors (Lipinski definition) is 0. The number of rotatable bonds is 7. The number of anilines is 1. The Morgan fingerprint density at radius 3 is 2.72 bits per heavy atom. The van der Waals surface area contributed by atoms with Crippen molar-refractivity contribution in [1.82, 2.24) is 9.88 Å². The van der Waals surface area contributed by atoms with E-state index in [2.05, 4.69) is 4.98 Å². The Morgan fingerprint density at radius 1 is 1.28 bits per heavy atom. The topological polar surface area (TPSA) is 90.4 Å².